The van der Waals surface area contributed by atoms with Crippen molar-refractivity contribution in [2.24, 2.45) is 0 Å². The van der Waals surface area contributed by atoms with Crippen LogP contribution in [0.5, 0.6) is 0 Å². The zero-order valence-corrected chi connectivity index (χ0v) is 6.79. The van der Waals surface area contributed by atoms with E-state index in [-0.39, 0.29) is 0 Å². The van der Waals surface area contributed by atoms with Gasteiger partial charge in [0.1, 0.15) is 6.29 Å². The first-order valence-electron chi connectivity index (χ1n) is 3.46. The van der Waals surface area contributed by atoms with Crippen molar-refractivity contribution in [3.05, 3.63) is 35.9 Å². The number of hydrogen-bond donors (Lipinski definition) is 0. The van der Waals surface area contributed by atoms with Crippen molar-refractivity contribution in [1.82, 2.24) is 0 Å². The van der Waals surface area contributed by atoms with Crippen molar-refractivity contribution in [3.63, 3.8) is 0 Å². The Morgan fingerprint density at radius 3 is 2.55 bits per heavy atom. The van der Waals surface area contributed by atoms with Gasteiger partial charge in [-0.3, -0.25) is 0 Å². The predicted octanol–water partition coefficient (Wildman–Crippen LogP) is 2.04. The van der Waals surface area contributed by atoms with E-state index in [0.717, 1.165) is 11.8 Å². The molecule has 1 nitrogen and oxygen atoms in total. The van der Waals surface area contributed by atoms with Crippen molar-refractivity contribution in [2.45, 2.75) is 11.8 Å². The molecule has 0 fully saturated rings. The van der Waals surface area contributed by atoms with Crippen molar-refractivity contribution in [2.75, 3.05) is 0 Å². The van der Waals surface area contributed by atoms with Gasteiger partial charge in [-0.2, -0.15) is 0 Å². The van der Waals surface area contributed by atoms with Gasteiger partial charge in [-0.25, -0.2) is 0 Å². The number of aldehydes is 1. The monoisotopic (exact) mass is 168 g/mol. The van der Waals surface area contributed by atoms with Gasteiger partial charge < -0.3 is 4.79 Å². The van der Waals surface area contributed by atoms with Crippen LogP contribution in [0.1, 0.15) is 5.56 Å². The lowest BCUT2D eigenvalue weighted by Crippen LogP contribution is -2.03. The second kappa shape index (κ2) is 4.14. The molecule has 2 heteroatoms. The van der Waals surface area contributed by atoms with E-state index in [1.165, 1.54) is 0 Å². The highest BCUT2D eigenvalue weighted by Crippen LogP contribution is 2.05. The lowest BCUT2D eigenvalue weighted by molar-refractivity contribution is -0.107. The molecule has 0 heterocycles. The summed E-state index contributed by atoms with van der Waals surface area (Å²) in [4.78, 5) is 10.2. The van der Waals surface area contributed by atoms with Crippen LogP contribution in [0.3, 0.4) is 0 Å². The first kappa shape index (κ1) is 8.28. The normalized spacial score (nSPS) is 12.5. The molecule has 58 valence electrons. The van der Waals surface area contributed by atoms with E-state index in [1.54, 1.807) is 0 Å². The highest BCUT2D eigenvalue weighted by Gasteiger charge is 2.01. The summed E-state index contributed by atoms with van der Waals surface area (Å²) in [6.07, 6.45) is 1.38. The SMILES string of the molecule is O=CC(Cl)Cc1ccccc1. The Morgan fingerprint density at radius 1 is 1.36 bits per heavy atom. The third-order valence-corrected chi connectivity index (χ3v) is 1.68. The first-order valence-corrected chi connectivity index (χ1v) is 3.90. The molecule has 0 aliphatic rings. The van der Waals surface area contributed by atoms with E-state index in [9.17, 15) is 4.79 Å². The van der Waals surface area contributed by atoms with E-state index in [0.29, 0.717) is 6.42 Å². The number of halogens is 1. The fraction of sp³-hybridized carbons (Fsp3) is 0.222. The molecule has 1 aromatic rings. The van der Waals surface area contributed by atoms with Crippen LogP contribution in [-0.2, 0) is 11.2 Å². The van der Waals surface area contributed by atoms with Crippen LogP contribution in [-0.4, -0.2) is 11.7 Å². The molecule has 11 heavy (non-hydrogen) atoms. The van der Waals surface area contributed by atoms with Crippen LogP contribution < -0.4 is 0 Å². The number of rotatable bonds is 3. The van der Waals surface area contributed by atoms with Crippen molar-refractivity contribution in [1.29, 1.82) is 0 Å². The molecule has 0 spiro atoms. The zero-order chi connectivity index (χ0) is 8.10. The molecule has 1 aromatic carbocycles. The highest BCUT2D eigenvalue weighted by atomic mass is 35.5. The van der Waals surface area contributed by atoms with Gasteiger partial charge in [-0.1, -0.05) is 30.3 Å². The first-order chi connectivity index (χ1) is 5.33. The molecular formula is C9H9ClO. The van der Waals surface area contributed by atoms with Gasteiger partial charge in [0.15, 0.2) is 0 Å². The van der Waals surface area contributed by atoms with Gasteiger partial charge in [0.25, 0.3) is 0 Å². The van der Waals surface area contributed by atoms with E-state index < -0.39 is 5.38 Å². The maximum absolute atomic E-state index is 10.2. The van der Waals surface area contributed by atoms with Crippen LogP contribution in [0.2, 0.25) is 0 Å². The largest absolute Gasteiger partial charge is 0.302 e. The lowest BCUT2D eigenvalue weighted by atomic mass is 10.1. The summed E-state index contributed by atoms with van der Waals surface area (Å²) in [5.41, 5.74) is 1.10. The van der Waals surface area contributed by atoms with E-state index in [4.69, 9.17) is 11.6 Å². The molecule has 1 unspecified atom stereocenters. The summed E-state index contributed by atoms with van der Waals surface area (Å²) in [5.74, 6) is 0. The van der Waals surface area contributed by atoms with Gasteiger partial charge in [-0.15, -0.1) is 11.6 Å². The summed E-state index contributed by atoms with van der Waals surface area (Å²) in [5, 5.41) is -0.391. The number of carbonyl (C=O) groups excluding carboxylic acids is 1. The quantitative estimate of drug-likeness (QED) is 0.499. The Kier molecular flexibility index (Phi) is 3.12. The molecule has 0 radical (unpaired) electrons. The van der Waals surface area contributed by atoms with Crippen LogP contribution in [0.15, 0.2) is 30.3 Å². The zero-order valence-electron chi connectivity index (χ0n) is 6.03. The topological polar surface area (TPSA) is 17.1 Å². The second-order valence-corrected chi connectivity index (χ2v) is 2.90. The van der Waals surface area contributed by atoms with E-state index >= 15 is 0 Å². The van der Waals surface area contributed by atoms with Gasteiger partial charge in [0.2, 0.25) is 0 Å². The smallest absolute Gasteiger partial charge is 0.138 e. The summed E-state index contributed by atoms with van der Waals surface area (Å²) >= 11 is 5.63. The van der Waals surface area contributed by atoms with E-state index in [1.807, 2.05) is 30.3 Å². The maximum atomic E-state index is 10.2. The van der Waals surface area contributed by atoms with Gasteiger partial charge in [0, 0.05) is 0 Å². The summed E-state index contributed by atoms with van der Waals surface area (Å²) < 4.78 is 0. The molecule has 1 atom stereocenters. The molecule has 0 aliphatic heterocycles. The molecule has 0 aliphatic carbocycles. The number of hydrogen-bond acceptors (Lipinski definition) is 1. The third-order valence-electron chi connectivity index (χ3n) is 1.42. The molecule has 0 saturated carbocycles. The maximum Gasteiger partial charge on any atom is 0.138 e. The minimum atomic E-state index is -0.391. The average Bonchev–Trinajstić information content (AvgIpc) is 2.06. The molecule has 0 N–H and O–H groups in total. The average molecular weight is 169 g/mol. The fourth-order valence-corrected chi connectivity index (χ4v) is 1.07. The Bertz CT molecular complexity index is 220. The van der Waals surface area contributed by atoms with Crippen molar-refractivity contribution < 1.29 is 4.79 Å². The fourth-order valence-electron chi connectivity index (χ4n) is 0.887. The van der Waals surface area contributed by atoms with Gasteiger partial charge in [-0.05, 0) is 12.0 Å². The number of benzene rings is 1. The van der Waals surface area contributed by atoms with Gasteiger partial charge >= 0.3 is 0 Å². The van der Waals surface area contributed by atoms with Crippen LogP contribution in [0, 0.1) is 0 Å². The van der Waals surface area contributed by atoms with Crippen molar-refractivity contribution >= 4 is 17.9 Å². The highest BCUT2D eigenvalue weighted by molar-refractivity contribution is 6.27. The van der Waals surface area contributed by atoms with Crippen LogP contribution in [0.4, 0.5) is 0 Å². The second-order valence-electron chi connectivity index (χ2n) is 2.34. The van der Waals surface area contributed by atoms with Gasteiger partial charge in [0.05, 0.1) is 5.38 Å². The summed E-state index contributed by atoms with van der Waals surface area (Å²) in [6, 6.07) is 9.72. The molecule has 1 rings (SSSR count). The molecule has 0 saturated heterocycles. The minimum Gasteiger partial charge on any atom is -0.302 e. The Balaban J connectivity index is 2.57. The van der Waals surface area contributed by atoms with Crippen molar-refractivity contribution in [3.8, 4) is 0 Å². The Hall–Kier alpha value is -0.820. The molecule has 0 aromatic heterocycles. The summed E-state index contributed by atoms with van der Waals surface area (Å²) in [6.45, 7) is 0. The van der Waals surface area contributed by atoms with Crippen LogP contribution in [0.25, 0.3) is 0 Å². The standard InChI is InChI=1S/C9H9ClO/c10-9(7-11)6-8-4-2-1-3-5-8/h1-5,7,9H,6H2. The summed E-state index contributed by atoms with van der Waals surface area (Å²) in [7, 11) is 0. The number of alkyl halides is 1. The van der Waals surface area contributed by atoms with Crippen LogP contribution >= 0.6 is 11.6 Å². The minimum absolute atomic E-state index is 0.391. The third kappa shape index (κ3) is 2.72. The predicted molar refractivity (Wildman–Crippen MR) is 45.9 cm³/mol. The molecule has 0 bridgehead atoms. The molecule has 0 amide bonds. The number of carbonyl (C=O) groups is 1. The Labute approximate surface area is 71.0 Å². The Morgan fingerprint density at radius 2 is 2.00 bits per heavy atom. The lowest BCUT2D eigenvalue weighted by Gasteiger charge is -1.99. The van der Waals surface area contributed by atoms with E-state index in [2.05, 4.69) is 0 Å². The molecular weight excluding hydrogens is 160 g/mol.